The average molecular weight is 198 g/mol. The molecule has 0 aliphatic carbocycles. The lowest BCUT2D eigenvalue weighted by Gasteiger charge is -2.05. The lowest BCUT2D eigenvalue weighted by Crippen LogP contribution is -2.12. The highest BCUT2D eigenvalue weighted by atomic mass is 14.8. The summed E-state index contributed by atoms with van der Waals surface area (Å²) in [5, 5.41) is 4.52. The number of pyridine rings is 1. The number of hydrogen-bond acceptors (Lipinski definition) is 2. The van der Waals surface area contributed by atoms with Crippen molar-refractivity contribution in [3.05, 3.63) is 54.7 Å². The minimum atomic E-state index is 0.830. The minimum absolute atomic E-state index is 0.830. The van der Waals surface area contributed by atoms with Crippen LogP contribution in [0.3, 0.4) is 0 Å². The summed E-state index contributed by atoms with van der Waals surface area (Å²) >= 11 is 0. The lowest BCUT2D eigenvalue weighted by atomic mass is 10.1. The topological polar surface area (TPSA) is 24.9 Å². The molecule has 0 radical (unpaired) electrons. The van der Waals surface area contributed by atoms with Crippen LogP contribution in [-0.2, 0) is 6.54 Å². The highest BCUT2D eigenvalue weighted by Crippen LogP contribution is 2.15. The van der Waals surface area contributed by atoms with Gasteiger partial charge in [0, 0.05) is 24.7 Å². The van der Waals surface area contributed by atoms with Gasteiger partial charge in [-0.3, -0.25) is 4.98 Å². The molecule has 15 heavy (non-hydrogen) atoms. The molecule has 2 heteroatoms. The Balaban J connectivity index is 2.30. The standard InChI is InChI=1S/C13H14N2/c1-2-8-14-10-11-7-9-15-13-6-4-3-5-12(11)13/h2-7,9,14H,1,8,10H2. The van der Waals surface area contributed by atoms with E-state index in [1.54, 1.807) is 0 Å². The van der Waals surface area contributed by atoms with Crippen molar-refractivity contribution in [1.29, 1.82) is 0 Å². The van der Waals surface area contributed by atoms with E-state index in [2.05, 4.69) is 29.0 Å². The van der Waals surface area contributed by atoms with Crippen molar-refractivity contribution in [3.8, 4) is 0 Å². The number of nitrogens with one attached hydrogen (secondary N) is 1. The molecule has 2 aromatic rings. The van der Waals surface area contributed by atoms with Crippen LogP contribution < -0.4 is 5.32 Å². The maximum absolute atomic E-state index is 4.32. The molecule has 0 fully saturated rings. The number of fused-ring (bicyclic) bond motifs is 1. The van der Waals surface area contributed by atoms with Crippen molar-refractivity contribution in [2.75, 3.05) is 6.54 Å². The summed E-state index contributed by atoms with van der Waals surface area (Å²) in [5.41, 5.74) is 2.33. The van der Waals surface area contributed by atoms with Crippen LogP contribution in [0.15, 0.2) is 49.2 Å². The van der Waals surface area contributed by atoms with Crippen LogP contribution in [0.1, 0.15) is 5.56 Å². The number of benzene rings is 1. The quantitative estimate of drug-likeness (QED) is 0.603. The number of nitrogens with zero attached hydrogens (tertiary/aromatic N) is 1. The van der Waals surface area contributed by atoms with Gasteiger partial charge in [0.25, 0.3) is 0 Å². The second kappa shape index (κ2) is 4.71. The zero-order valence-corrected chi connectivity index (χ0v) is 8.61. The van der Waals surface area contributed by atoms with Crippen LogP contribution in [0.25, 0.3) is 10.9 Å². The summed E-state index contributed by atoms with van der Waals surface area (Å²) in [6.45, 7) is 5.37. The second-order valence-corrected chi connectivity index (χ2v) is 3.41. The predicted octanol–water partition coefficient (Wildman–Crippen LogP) is 2.51. The Morgan fingerprint density at radius 3 is 3.00 bits per heavy atom. The molecule has 0 bridgehead atoms. The van der Waals surface area contributed by atoms with E-state index < -0.39 is 0 Å². The molecule has 0 spiro atoms. The van der Waals surface area contributed by atoms with Gasteiger partial charge < -0.3 is 5.32 Å². The molecule has 0 saturated heterocycles. The molecule has 1 aromatic heterocycles. The molecular formula is C13H14N2. The largest absolute Gasteiger partial charge is 0.309 e. The van der Waals surface area contributed by atoms with Gasteiger partial charge in [-0.2, -0.15) is 0 Å². The van der Waals surface area contributed by atoms with Gasteiger partial charge in [-0.25, -0.2) is 0 Å². The average Bonchev–Trinajstić information content (AvgIpc) is 2.30. The Morgan fingerprint density at radius 1 is 1.27 bits per heavy atom. The Bertz CT molecular complexity index is 458. The third-order valence-corrected chi connectivity index (χ3v) is 2.34. The van der Waals surface area contributed by atoms with E-state index >= 15 is 0 Å². The van der Waals surface area contributed by atoms with Crippen LogP contribution >= 0.6 is 0 Å². The number of hydrogen-bond donors (Lipinski definition) is 1. The van der Waals surface area contributed by atoms with Crippen LogP contribution in [0.2, 0.25) is 0 Å². The van der Waals surface area contributed by atoms with Gasteiger partial charge in [0.1, 0.15) is 0 Å². The van der Waals surface area contributed by atoms with Crippen LogP contribution in [0, 0.1) is 0 Å². The lowest BCUT2D eigenvalue weighted by molar-refractivity contribution is 0.764. The molecule has 0 unspecified atom stereocenters. The van der Waals surface area contributed by atoms with Gasteiger partial charge in [0.05, 0.1) is 5.52 Å². The summed E-state index contributed by atoms with van der Waals surface area (Å²) in [7, 11) is 0. The summed E-state index contributed by atoms with van der Waals surface area (Å²) in [4.78, 5) is 4.32. The molecule has 1 aromatic carbocycles. The Hall–Kier alpha value is -1.67. The highest BCUT2D eigenvalue weighted by Gasteiger charge is 1.99. The maximum Gasteiger partial charge on any atom is 0.0705 e. The van der Waals surface area contributed by atoms with Crippen molar-refractivity contribution < 1.29 is 0 Å². The van der Waals surface area contributed by atoms with E-state index in [0.29, 0.717) is 0 Å². The third kappa shape index (κ3) is 2.22. The fourth-order valence-corrected chi connectivity index (χ4v) is 1.62. The van der Waals surface area contributed by atoms with Gasteiger partial charge >= 0.3 is 0 Å². The Morgan fingerprint density at radius 2 is 2.13 bits per heavy atom. The first-order valence-corrected chi connectivity index (χ1v) is 5.06. The molecule has 0 atom stereocenters. The van der Waals surface area contributed by atoms with Gasteiger partial charge in [-0.05, 0) is 17.7 Å². The fraction of sp³-hybridized carbons (Fsp3) is 0.154. The third-order valence-electron chi connectivity index (χ3n) is 2.34. The molecule has 0 amide bonds. The molecule has 2 rings (SSSR count). The molecule has 0 aliphatic heterocycles. The normalized spacial score (nSPS) is 10.4. The van der Waals surface area contributed by atoms with Crippen molar-refractivity contribution in [1.82, 2.24) is 10.3 Å². The Kier molecular flexibility index (Phi) is 3.10. The van der Waals surface area contributed by atoms with E-state index in [9.17, 15) is 0 Å². The van der Waals surface area contributed by atoms with Crippen molar-refractivity contribution in [2.24, 2.45) is 0 Å². The smallest absolute Gasteiger partial charge is 0.0705 e. The minimum Gasteiger partial charge on any atom is -0.309 e. The fourth-order valence-electron chi connectivity index (χ4n) is 1.62. The van der Waals surface area contributed by atoms with Gasteiger partial charge in [0.2, 0.25) is 0 Å². The van der Waals surface area contributed by atoms with Gasteiger partial charge in [-0.1, -0.05) is 24.3 Å². The van der Waals surface area contributed by atoms with Crippen LogP contribution in [-0.4, -0.2) is 11.5 Å². The van der Waals surface area contributed by atoms with E-state index in [1.165, 1.54) is 10.9 Å². The van der Waals surface area contributed by atoms with E-state index in [4.69, 9.17) is 0 Å². The molecular weight excluding hydrogens is 184 g/mol. The van der Waals surface area contributed by atoms with Crippen molar-refractivity contribution in [2.45, 2.75) is 6.54 Å². The first-order valence-electron chi connectivity index (χ1n) is 5.06. The monoisotopic (exact) mass is 198 g/mol. The van der Waals surface area contributed by atoms with Crippen molar-refractivity contribution in [3.63, 3.8) is 0 Å². The summed E-state index contributed by atoms with van der Waals surface area (Å²) in [6, 6.07) is 10.2. The summed E-state index contributed by atoms with van der Waals surface area (Å²) < 4.78 is 0. The molecule has 2 nitrogen and oxygen atoms in total. The molecule has 1 N–H and O–H groups in total. The molecule has 0 aliphatic rings. The molecule has 1 heterocycles. The first-order chi connectivity index (χ1) is 7.42. The first kappa shape index (κ1) is 9.87. The second-order valence-electron chi connectivity index (χ2n) is 3.41. The molecule has 0 saturated carbocycles. The van der Waals surface area contributed by atoms with Crippen LogP contribution in [0.4, 0.5) is 0 Å². The zero-order chi connectivity index (χ0) is 10.5. The van der Waals surface area contributed by atoms with E-state index in [0.717, 1.165) is 18.6 Å². The number of para-hydroxylation sites is 1. The number of rotatable bonds is 4. The number of aromatic nitrogens is 1. The highest BCUT2D eigenvalue weighted by molar-refractivity contribution is 5.81. The van der Waals surface area contributed by atoms with E-state index in [-0.39, 0.29) is 0 Å². The Labute approximate surface area is 89.7 Å². The predicted molar refractivity (Wildman–Crippen MR) is 63.6 cm³/mol. The van der Waals surface area contributed by atoms with Gasteiger partial charge in [-0.15, -0.1) is 6.58 Å². The summed E-state index contributed by atoms with van der Waals surface area (Å²) in [6.07, 6.45) is 3.72. The van der Waals surface area contributed by atoms with E-state index in [1.807, 2.05) is 30.5 Å². The SMILES string of the molecule is C=CCNCc1ccnc2ccccc12. The van der Waals surface area contributed by atoms with Gasteiger partial charge in [0.15, 0.2) is 0 Å². The summed E-state index contributed by atoms with van der Waals surface area (Å²) in [5.74, 6) is 0. The molecule has 76 valence electrons. The maximum atomic E-state index is 4.32. The van der Waals surface area contributed by atoms with Crippen LogP contribution in [0.5, 0.6) is 0 Å². The van der Waals surface area contributed by atoms with Crippen molar-refractivity contribution >= 4 is 10.9 Å². The zero-order valence-electron chi connectivity index (χ0n) is 8.61.